The minimum Gasteiger partial charge on any atom is -0.467 e. The maximum Gasteiger partial charge on any atom is 0.251 e. The molecular weight excluding hydrogens is 242 g/mol. The van der Waals surface area contributed by atoms with Gasteiger partial charge in [-0.1, -0.05) is 17.7 Å². The van der Waals surface area contributed by atoms with E-state index in [1.54, 1.807) is 18.2 Å². The van der Waals surface area contributed by atoms with Gasteiger partial charge in [-0.05, 0) is 37.6 Å². The third-order valence-electron chi connectivity index (χ3n) is 2.86. The van der Waals surface area contributed by atoms with Crippen molar-refractivity contribution in [3.8, 4) is 0 Å². The molecule has 0 saturated carbocycles. The van der Waals surface area contributed by atoms with E-state index >= 15 is 0 Å². The molecule has 2 rings (SSSR count). The Morgan fingerprint density at radius 2 is 2.21 bits per heavy atom. The lowest BCUT2D eigenvalue weighted by atomic mass is 10.1. The monoisotopic (exact) mass is 259 g/mol. The number of aryl methyl sites for hydroxylation is 1. The first-order chi connectivity index (χ1) is 9.16. The van der Waals surface area contributed by atoms with Crippen molar-refractivity contribution < 1.29 is 14.3 Å². The van der Waals surface area contributed by atoms with Gasteiger partial charge in [0, 0.05) is 12.1 Å². The van der Waals surface area contributed by atoms with Crippen LogP contribution in [0.2, 0.25) is 0 Å². The molecule has 0 aliphatic heterocycles. The van der Waals surface area contributed by atoms with Crippen LogP contribution in [0.1, 0.15) is 34.2 Å². The van der Waals surface area contributed by atoms with Crippen LogP contribution >= 0.6 is 0 Å². The Bertz CT molecular complexity index is 534. The summed E-state index contributed by atoms with van der Waals surface area (Å²) in [6.07, 6.45) is 1.25. The number of benzene rings is 1. The molecule has 0 bridgehead atoms. The summed E-state index contributed by atoms with van der Waals surface area (Å²) in [4.78, 5) is 11.8. The third kappa shape index (κ3) is 3.69. The normalized spacial score (nSPS) is 12.1. The van der Waals surface area contributed by atoms with Gasteiger partial charge in [-0.3, -0.25) is 4.79 Å². The minimum atomic E-state index is -0.687. The number of rotatable bonds is 5. The molecule has 0 spiro atoms. The SMILES string of the molecule is Cc1cccc(C(=O)NCCC(O)c2ccco2)c1. The molecule has 1 heterocycles. The van der Waals surface area contributed by atoms with Gasteiger partial charge >= 0.3 is 0 Å². The van der Waals surface area contributed by atoms with Crippen LogP contribution in [0.5, 0.6) is 0 Å². The molecule has 4 nitrogen and oxygen atoms in total. The topological polar surface area (TPSA) is 62.5 Å². The number of furan rings is 1. The van der Waals surface area contributed by atoms with Crippen molar-refractivity contribution in [3.05, 3.63) is 59.5 Å². The predicted molar refractivity (Wildman–Crippen MR) is 71.8 cm³/mol. The zero-order chi connectivity index (χ0) is 13.7. The van der Waals surface area contributed by atoms with Gasteiger partial charge in [0.2, 0.25) is 0 Å². The number of nitrogens with one attached hydrogen (secondary N) is 1. The van der Waals surface area contributed by atoms with Gasteiger partial charge < -0.3 is 14.8 Å². The fraction of sp³-hybridized carbons (Fsp3) is 0.267. The molecule has 1 unspecified atom stereocenters. The molecule has 1 amide bonds. The Kier molecular flexibility index (Phi) is 4.36. The van der Waals surface area contributed by atoms with Gasteiger partial charge in [-0.25, -0.2) is 0 Å². The predicted octanol–water partition coefficient (Wildman–Crippen LogP) is 2.44. The summed E-state index contributed by atoms with van der Waals surface area (Å²) in [5, 5.41) is 12.6. The van der Waals surface area contributed by atoms with Crippen molar-refractivity contribution in [2.24, 2.45) is 0 Å². The average molecular weight is 259 g/mol. The van der Waals surface area contributed by atoms with Crippen molar-refractivity contribution in [3.63, 3.8) is 0 Å². The zero-order valence-corrected chi connectivity index (χ0v) is 10.8. The maximum absolute atomic E-state index is 11.8. The zero-order valence-electron chi connectivity index (χ0n) is 10.8. The fourth-order valence-corrected chi connectivity index (χ4v) is 1.83. The van der Waals surface area contributed by atoms with Crippen LogP contribution in [0.4, 0.5) is 0 Å². The van der Waals surface area contributed by atoms with Crippen molar-refractivity contribution in [1.29, 1.82) is 0 Å². The van der Waals surface area contributed by atoms with Crippen molar-refractivity contribution in [2.75, 3.05) is 6.54 Å². The first-order valence-electron chi connectivity index (χ1n) is 6.23. The highest BCUT2D eigenvalue weighted by atomic mass is 16.4. The largest absolute Gasteiger partial charge is 0.467 e. The van der Waals surface area contributed by atoms with Crippen LogP contribution < -0.4 is 5.32 Å². The molecule has 2 N–H and O–H groups in total. The molecule has 100 valence electrons. The molecule has 1 atom stereocenters. The first-order valence-corrected chi connectivity index (χ1v) is 6.23. The van der Waals surface area contributed by atoms with Crippen LogP contribution in [-0.4, -0.2) is 17.6 Å². The highest BCUT2D eigenvalue weighted by Crippen LogP contribution is 2.15. The summed E-state index contributed by atoms with van der Waals surface area (Å²) in [5.74, 6) is 0.389. The number of hydrogen-bond acceptors (Lipinski definition) is 3. The van der Waals surface area contributed by atoms with E-state index in [1.165, 1.54) is 6.26 Å². The van der Waals surface area contributed by atoms with Crippen molar-refractivity contribution >= 4 is 5.91 Å². The van der Waals surface area contributed by atoms with E-state index in [-0.39, 0.29) is 5.91 Å². The number of carbonyl (C=O) groups is 1. The molecule has 0 radical (unpaired) electrons. The second-order valence-corrected chi connectivity index (χ2v) is 4.45. The highest BCUT2D eigenvalue weighted by molar-refractivity contribution is 5.94. The number of carbonyl (C=O) groups excluding carboxylic acids is 1. The number of hydrogen-bond donors (Lipinski definition) is 2. The van der Waals surface area contributed by atoms with E-state index < -0.39 is 6.10 Å². The lowest BCUT2D eigenvalue weighted by Gasteiger charge is -2.09. The van der Waals surface area contributed by atoms with Crippen molar-refractivity contribution in [2.45, 2.75) is 19.4 Å². The van der Waals surface area contributed by atoms with Gasteiger partial charge in [0.1, 0.15) is 11.9 Å². The standard InChI is InChI=1S/C15H17NO3/c1-11-4-2-5-12(10-11)15(18)16-8-7-13(17)14-6-3-9-19-14/h2-6,9-10,13,17H,7-8H2,1H3,(H,16,18). The first kappa shape index (κ1) is 13.4. The Morgan fingerprint density at radius 1 is 1.37 bits per heavy atom. The Morgan fingerprint density at radius 3 is 2.89 bits per heavy atom. The maximum atomic E-state index is 11.8. The molecular formula is C15H17NO3. The molecule has 1 aromatic heterocycles. The summed E-state index contributed by atoms with van der Waals surface area (Å²) in [7, 11) is 0. The lowest BCUT2D eigenvalue weighted by Crippen LogP contribution is -2.25. The lowest BCUT2D eigenvalue weighted by molar-refractivity contribution is 0.0936. The van der Waals surface area contributed by atoms with Gasteiger partial charge in [0.25, 0.3) is 5.91 Å². The minimum absolute atomic E-state index is 0.129. The third-order valence-corrected chi connectivity index (χ3v) is 2.86. The van der Waals surface area contributed by atoms with Crippen LogP contribution in [0.25, 0.3) is 0 Å². The average Bonchev–Trinajstić information content (AvgIpc) is 2.92. The Labute approximate surface area is 112 Å². The van der Waals surface area contributed by atoms with Gasteiger partial charge in [0.15, 0.2) is 0 Å². The molecule has 0 aliphatic carbocycles. The van der Waals surface area contributed by atoms with Gasteiger partial charge in [-0.2, -0.15) is 0 Å². The summed E-state index contributed by atoms with van der Waals surface area (Å²) in [6, 6.07) is 10.8. The number of aliphatic hydroxyl groups is 1. The molecule has 1 aromatic carbocycles. The highest BCUT2D eigenvalue weighted by Gasteiger charge is 2.11. The van der Waals surface area contributed by atoms with E-state index in [0.717, 1.165) is 5.56 Å². The van der Waals surface area contributed by atoms with E-state index in [0.29, 0.717) is 24.3 Å². The van der Waals surface area contributed by atoms with Crippen molar-refractivity contribution in [1.82, 2.24) is 5.32 Å². The van der Waals surface area contributed by atoms with E-state index in [9.17, 15) is 9.90 Å². The quantitative estimate of drug-likeness (QED) is 0.867. The second-order valence-electron chi connectivity index (χ2n) is 4.45. The molecule has 0 saturated heterocycles. The summed E-state index contributed by atoms with van der Waals surface area (Å²) in [5.41, 5.74) is 1.68. The molecule has 4 heteroatoms. The van der Waals surface area contributed by atoms with Crippen LogP contribution in [0, 0.1) is 6.92 Å². The smallest absolute Gasteiger partial charge is 0.251 e. The molecule has 2 aromatic rings. The summed E-state index contributed by atoms with van der Waals surface area (Å²) >= 11 is 0. The van der Waals surface area contributed by atoms with Crippen LogP contribution in [-0.2, 0) is 0 Å². The molecule has 0 aliphatic rings. The van der Waals surface area contributed by atoms with Gasteiger partial charge in [0.05, 0.1) is 6.26 Å². The van der Waals surface area contributed by atoms with Crippen LogP contribution in [0.3, 0.4) is 0 Å². The summed E-state index contributed by atoms with van der Waals surface area (Å²) in [6.45, 7) is 2.34. The second kappa shape index (κ2) is 6.20. The van der Waals surface area contributed by atoms with E-state index in [4.69, 9.17) is 4.42 Å². The fourth-order valence-electron chi connectivity index (χ4n) is 1.83. The molecule has 19 heavy (non-hydrogen) atoms. The number of amides is 1. The number of aliphatic hydroxyl groups excluding tert-OH is 1. The van der Waals surface area contributed by atoms with E-state index in [1.807, 2.05) is 25.1 Å². The van der Waals surface area contributed by atoms with Gasteiger partial charge in [-0.15, -0.1) is 0 Å². The Hall–Kier alpha value is -2.07. The summed E-state index contributed by atoms with van der Waals surface area (Å²) < 4.78 is 5.09. The van der Waals surface area contributed by atoms with E-state index in [2.05, 4.69) is 5.32 Å². The Balaban J connectivity index is 1.81. The van der Waals surface area contributed by atoms with Crippen LogP contribution in [0.15, 0.2) is 47.1 Å². The molecule has 0 fully saturated rings.